The van der Waals surface area contributed by atoms with Crippen LogP contribution in [0.2, 0.25) is 0 Å². The minimum Gasteiger partial charge on any atom is -0.459 e. The summed E-state index contributed by atoms with van der Waals surface area (Å²) in [6, 6.07) is 11.7. The average Bonchev–Trinajstić information content (AvgIpc) is 3.13. The first-order chi connectivity index (χ1) is 12.0. The fourth-order valence-corrected chi connectivity index (χ4v) is 2.36. The molecule has 0 atom stereocenters. The molecule has 25 heavy (non-hydrogen) atoms. The summed E-state index contributed by atoms with van der Waals surface area (Å²) in [5.74, 6) is -0.0492. The van der Waals surface area contributed by atoms with E-state index in [1.807, 2.05) is 6.92 Å². The van der Waals surface area contributed by atoms with Gasteiger partial charge in [0.05, 0.1) is 6.26 Å². The molecule has 0 fully saturated rings. The molecule has 0 unspecified atom stereocenters. The Morgan fingerprint density at radius 3 is 2.60 bits per heavy atom. The number of furan rings is 1. The zero-order chi connectivity index (χ0) is 17.8. The number of carbonyl (C=O) groups excluding carboxylic acids is 2. The van der Waals surface area contributed by atoms with Crippen LogP contribution < -0.4 is 10.6 Å². The van der Waals surface area contributed by atoms with E-state index < -0.39 is 0 Å². The van der Waals surface area contributed by atoms with Crippen molar-refractivity contribution in [2.75, 3.05) is 10.6 Å². The monoisotopic (exact) mass is 399 g/mol. The predicted octanol–water partition coefficient (Wildman–Crippen LogP) is 4.25. The second kappa shape index (κ2) is 7.31. The number of carbonyl (C=O) groups is 2. The molecule has 0 saturated carbocycles. The van der Waals surface area contributed by atoms with Crippen LogP contribution in [-0.2, 0) is 0 Å². The molecule has 2 N–H and O–H groups in total. The van der Waals surface area contributed by atoms with E-state index in [0.29, 0.717) is 17.1 Å². The van der Waals surface area contributed by atoms with Gasteiger partial charge >= 0.3 is 0 Å². The first kappa shape index (κ1) is 16.9. The summed E-state index contributed by atoms with van der Waals surface area (Å²) < 4.78 is 5.89. The van der Waals surface area contributed by atoms with E-state index in [-0.39, 0.29) is 17.6 Å². The number of rotatable bonds is 4. The molecule has 2 aromatic heterocycles. The summed E-state index contributed by atoms with van der Waals surface area (Å²) in [5, 5.41) is 5.46. The van der Waals surface area contributed by atoms with Crippen LogP contribution in [-0.4, -0.2) is 16.8 Å². The lowest BCUT2D eigenvalue weighted by Gasteiger charge is -2.10. The largest absolute Gasteiger partial charge is 0.459 e. The van der Waals surface area contributed by atoms with E-state index >= 15 is 0 Å². The smallest absolute Gasteiger partial charge is 0.291 e. The van der Waals surface area contributed by atoms with Crippen molar-refractivity contribution >= 4 is 39.2 Å². The Morgan fingerprint density at radius 1 is 1.08 bits per heavy atom. The van der Waals surface area contributed by atoms with E-state index in [9.17, 15) is 9.59 Å². The maximum absolute atomic E-state index is 12.4. The highest BCUT2D eigenvalue weighted by atomic mass is 79.9. The molecule has 2 heterocycles. The second-order valence-electron chi connectivity index (χ2n) is 5.28. The van der Waals surface area contributed by atoms with Crippen LogP contribution in [0.1, 0.15) is 26.5 Å². The molecule has 6 nitrogen and oxygen atoms in total. The molecule has 0 aliphatic rings. The van der Waals surface area contributed by atoms with Gasteiger partial charge in [0.15, 0.2) is 5.76 Å². The Morgan fingerprint density at radius 2 is 1.92 bits per heavy atom. The predicted molar refractivity (Wildman–Crippen MR) is 97.7 cm³/mol. The summed E-state index contributed by atoms with van der Waals surface area (Å²) in [5.41, 5.74) is 1.78. The van der Waals surface area contributed by atoms with Crippen molar-refractivity contribution in [3.8, 4) is 0 Å². The van der Waals surface area contributed by atoms with E-state index in [0.717, 1.165) is 10.0 Å². The third kappa shape index (κ3) is 4.13. The fraction of sp³-hybridized carbons (Fsp3) is 0.0556. The molecule has 0 radical (unpaired) electrons. The van der Waals surface area contributed by atoms with Crippen molar-refractivity contribution in [3.63, 3.8) is 0 Å². The maximum Gasteiger partial charge on any atom is 0.291 e. The normalized spacial score (nSPS) is 10.3. The van der Waals surface area contributed by atoms with E-state index in [4.69, 9.17) is 4.42 Å². The van der Waals surface area contributed by atoms with Gasteiger partial charge in [-0.3, -0.25) is 9.59 Å². The van der Waals surface area contributed by atoms with Crippen molar-refractivity contribution in [2.45, 2.75) is 6.92 Å². The topological polar surface area (TPSA) is 84.2 Å². The molecule has 0 spiro atoms. The molecule has 0 aliphatic heterocycles. The van der Waals surface area contributed by atoms with Gasteiger partial charge < -0.3 is 15.1 Å². The minimum atomic E-state index is -0.375. The van der Waals surface area contributed by atoms with Crippen LogP contribution in [0.3, 0.4) is 0 Å². The number of nitrogens with zero attached hydrogens (tertiary/aromatic N) is 1. The van der Waals surface area contributed by atoms with E-state index in [1.165, 1.54) is 6.26 Å². The molecule has 0 bridgehead atoms. The van der Waals surface area contributed by atoms with Gasteiger partial charge in [-0.05, 0) is 64.8 Å². The van der Waals surface area contributed by atoms with Crippen molar-refractivity contribution < 1.29 is 14.0 Å². The van der Waals surface area contributed by atoms with Crippen LogP contribution in [0, 0.1) is 6.92 Å². The Balaban J connectivity index is 1.77. The quantitative estimate of drug-likeness (QED) is 0.686. The molecule has 0 saturated heterocycles. The molecule has 2 amide bonds. The number of hydrogen-bond donors (Lipinski definition) is 2. The summed E-state index contributed by atoms with van der Waals surface area (Å²) in [6.45, 7) is 1.84. The Bertz CT molecular complexity index is 906. The van der Waals surface area contributed by atoms with Crippen LogP contribution in [0.15, 0.2) is 63.8 Å². The summed E-state index contributed by atoms with van der Waals surface area (Å²) in [4.78, 5) is 28.6. The number of hydrogen-bond acceptors (Lipinski definition) is 4. The standard InChI is InChI=1S/C18H14BrN3O3/c1-11-4-5-12(17(23)22-16-7-6-13(19)10-20-16)9-14(11)21-18(24)15-3-2-8-25-15/h2-10H,1H3,(H,21,24)(H,20,22,23). The van der Waals surface area contributed by atoms with E-state index in [1.54, 1.807) is 48.7 Å². The van der Waals surface area contributed by atoms with Gasteiger partial charge in [0.2, 0.25) is 0 Å². The zero-order valence-corrected chi connectivity index (χ0v) is 14.8. The van der Waals surface area contributed by atoms with Crippen LogP contribution >= 0.6 is 15.9 Å². The highest BCUT2D eigenvalue weighted by molar-refractivity contribution is 9.10. The molecule has 126 valence electrons. The van der Waals surface area contributed by atoms with Gasteiger partial charge in [-0.15, -0.1) is 0 Å². The molecule has 3 aromatic rings. The minimum absolute atomic E-state index is 0.202. The van der Waals surface area contributed by atoms with Gasteiger partial charge in [0, 0.05) is 21.9 Å². The molecule has 7 heteroatoms. The van der Waals surface area contributed by atoms with Crippen LogP contribution in [0.5, 0.6) is 0 Å². The van der Waals surface area contributed by atoms with E-state index in [2.05, 4.69) is 31.5 Å². The molecule has 0 aliphatic carbocycles. The maximum atomic E-state index is 12.4. The number of nitrogens with one attached hydrogen (secondary N) is 2. The number of pyridine rings is 1. The fourth-order valence-electron chi connectivity index (χ4n) is 2.13. The first-order valence-electron chi connectivity index (χ1n) is 7.41. The summed E-state index contributed by atoms with van der Waals surface area (Å²) >= 11 is 3.29. The SMILES string of the molecule is Cc1ccc(C(=O)Nc2ccc(Br)cn2)cc1NC(=O)c1ccco1. The highest BCUT2D eigenvalue weighted by Gasteiger charge is 2.13. The highest BCUT2D eigenvalue weighted by Crippen LogP contribution is 2.19. The third-order valence-electron chi connectivity index (χ3n) is 3.46. The number of anilines is 2. The lowest BCUT2D eigenvalue weighted by atomic mass is 10.1. The van der Waals surface area contributed by atoms with Crippen molar-refractivity contribution in [1.82, 2.24) is 4.98 Å². The number of benzene rings is 1. The van der Waals surface area contributed by atoms with Crippen molar-refractivity contribution in [2.24, 2.45) is 0 Å². The molecule has 1 aromatic carbocycles. The molecular formula is C18H14BrN3O3. The average molecular weight is 400 g/mol. The number of aryl methyl sites for hydroxylation is 1. The third-order valence-corrected chi connectivity index (χ3v) is 3.93. The summed E-state index contributed by atoms with van der Waals surface area (Å²) in [6.07, 6.45) is 3.02. The molecular weight excluding hydrogens is 386 g/mol. The van der Waals surface area contributed by atoms with Crippen LogP contribution in [0.25, 0.3) is 0 Å². The number of halogens is 1. The Hall–Kier alpha value is -2.93. The number of aromatic nitrogens is 1. The lowest BCUT2D eigenvalue weighted by Crippen LogP contribution is -2.15. The second-order valence-corrected chi connectivity index (χ2v) is 6.19. The van der Waals surface area contributed by atoms with Gasteiger partial charge in [-0.25, -0.2) is 4.98 Å². The lowest BCUT2D eigenvalue weighted by molar-refractivity contribution is 0.0993. The first-order valence-corrected chi connectivity index (χ1v) is 8.20. The van der Waals surface area contributed by atoms with Gasteiger partial charge in [-0.1, -0.05) is 6.07 Å². The zero-order valence-electron chi connectivity index (χ0n) is 13.2. The van der Waals surface area contributed by atoms with Gasteiger partial charge in [0.1, 0.15) is 5.82 Å². The van der Waals surface area contributed by atoms with Crippen molar-refractivity contribution in [1.29, 1.82) is 0 Å². The Kier molecular flexibility index (Phi) is 4.95. The van der Waals surface area contributed by atoms with Gasteiger partial charge in [-0.2, -0.15) is 0 Å². The Labute approximate surface area is 152 Å². The van der Waals surface area contributed by atoms with Gasteiger partial charge in [0.25, 0.3) is 11.8 Å². The summed E-state index contributed by atoms with van der Waals surface area (Å²) in [7, 11) is 0. The van der Waals surface area contributed by atoms with Crippen molar-refractivity contribution in [3.05, 3.63) is 76.3 Å². The molecule has 3 rings (SSSR count). The van der Waals surface area contributed by atoms with Crippen LogP contribution in [0.4, 0.5) is 11.5 Å². The number of amides is 2.